The summed E-state index contributed by atoms with van der Waals surface area (Å²) in [6, 6.07) is 9.35. The smallest absolute Gasteiger partial charge is 0.303 e. The minimum absolute atomic E-state index is 0.0576. The Balaban J connectivity index is 2.04. The van der Waals surface area contributed by atoms with Gasteiger partial charge in [0.15, 0.2) is 0 Å². The molecule has 0 aliphatic carbocycles. The number of hydrogen-bond acceptors (Lipinski definition) is 3. The molecule has 1 fully saturated rings. The molecule has 1 aromatic carbocycles. The van der Waals surface area contributed by atoms with Gasteiger partial charge in [-0.25, -0.2) is 0 Å². The van der Waals surface area contributed by atoms with Crippen LogP contribution in [0.5, 0.6) is 0 Å². The quantitative estimate of drug-likeness (QED) is 0.786. The molecule has 1 amide bonds. The first-order chi connectivity index (χ1) is 12.0. The topological polar surface area (TPSA) is 60.9 Å². The summed E-state index contributed by atoms with van der Waals surface area (Å²) < 4.78 is 0. The van der Waals surface area contributed by atoms with E-state index in [4.69, 9.17) is 0 Å². The molecule has 0 unspecified atom stereocenters. The van der Waals surface area contributed by atoms with Crippen LogP contribution in [0, 0.1) is 11.8 Å². The molecular weight excluding hydrogens is 316 g/mol. The second-order valence-corrected chi connectivity index (χ2v) is 6.84. The molecule has 2 atom stereocenters. The number of carbonyl (C=O) groups excluding carboxylic acids is 1. The SMILES string of the molecule is CCN(CC)CC[C@@H]1CN(C(=O)c2ccccc2)CC[C@H]1CC(=O)O. The second kappa shape index (κ2) is 9.56. The molecule has 0 bridgehead atoms. The van der Waals surface area contributed by atoms with Gasteiger partial charge in [0.2, 0.25) is 0 Å². The fourth-order valence-electron chi connectivity index (χ4n) is 3.74. The molecule has 1 aliphatic heterocycles. The zero-order chi connectivity index (χ0) is 18.2. The van der Waals surface area contributed by atoms with Gasteiger partial charge in [-0.05, 0) is 56.4 Å². The molecule has 5 heteroatoms. The van der Waals surface area contributed by atoms with Crippen molar-refractivity contribution in [1.82, 2.24) is 9.80 Å². The third kappa shape index (κ3) is 5.56. The molecule has 25 heavy (non-hydrogen) atoms. The summed E-state index contributed by atoms with van der Waals surface area (Å²) in [6.07, 6.45) is 1.92. The van der Waals surface area contributed by atoms with Crippen molar-refractivity contribution < 1.29 is 14.7 Å². The number of benzene rings is 1. The number of carbonyl (C=O) groups is 2. The van der Waals surface area contributed by atoms with E-state index in [0.717, 1.165) is 32.5 Å². The first-order valence-corrected chi connectivity index (χ1v) is 9.33. The Morgan fingerprint density at radius 1 is 1.16 bits per heavy atom. The van der Waals surface area contributed by atoms with Crippen LogP contribution in [-0.4, -0.2) is 59.5 Å². The molecular formula is C20H30N2O3. The van der Waals surface area contributed by atoms with Gasteiger partial charge in [0.25, 0.3) is 5.91 Å². The molecule has 5 nitrogen and oxygen atoms in total. The van der Waals surface area contributed by atoms with Gasteiger partial charge in [-0.2, -0.15) is 0 Å². The number of carboxylic acid groups (broad SMARTS) is 1. The zero-order valence-corrected chi connectivity index (χ0v) is 15.4. The minimum Gasteiger partial charge on any atom is -0.481 e. The highest BCUT2D eigenvalue weighted by Crippen LogP contribution is 2.30. The second-order valence-electron chi connectivity index (χ2n) is 6.84. The van der Waals surface area contributed by atoms with Crippen molar-refractivity contribution in [2.45, 2.75) is 33.1 Å². The van der Waals surface area contributed by atoms with Crippen LogP contribution in [0.25, 0.3) is 0 Å². The predicted molar refractivity (Wildman–Crippen MR) is 98.6 cm³/mol. The fourth-order valence-corrected chi connectivity index (χ4v) is 3.74. The van der Waals surface area contributed by atoms with E-state index in [1.807, 2.05) is 35.2 Å². The summed E-state index contributed by atoms with van der Waals surface area (Å²) in [5.41, 5.74) is 0.710. The van der Waals surface area contributed by atoms with Gasteiger partial charge in [-0.1, -0.05) is 32.0 Å². The van der Waals surface area contributed by atoms with E-state index in [1.165, 1.54) is 0 Å². The Kier molecular flexibility index (Phi) is 7.44. The van der Waals surface area contributed by atoms with Gasteiger partial charge in [0.1, 0.15) is 0 Å². The van der Waals surface area contributed by atoms with Gasteiger partial charge in [-0.3, -0.25) is 9.59 Å². The van der Waals surface area contributed by atoms with Crippen molar-refractivity contribution >= 4 is 11.9 Å². The maximum Gasteiger partial charge on any atom is 0.303 e. The number of piperidine rings is 1. The minimum atomic E-state index is -0.735. The largest absolute Gasteiger partial charge is 0.481 e. The van der Waals surface area contributed by atoms with Gasteiger partial charge >= 0.3 is 5.97 Å². The van der Waals surface area contributed by atoms with Crippen LogP contribution in [0.1, 0.15) is 43.5 Å². The lowest BCUT2D eigenvalue weighted by Crippen LogP contribution is -2.45. The molecule has 1 aliphatic rings. The van der Waals surface area contributed by atoms with E-state index < -0.39 is 5.97 Å². The summed E-state index contributed by atoms with van der Waals surface area (Å²) >= 11 is 0. The molecule has 1 aromatic rings. The van der Waals surface area contributed by atoms with Crippen LogP contribution >= 0.6 is 0 Å². The van der Waals surface area contributed by atoms with E-state index in [0.29, 0.717) is 18.7 Å². The van der Waals surface area contributed by atoms with E-state index in [9.17, 15) is 14.7 Å². The van der Waals surface area contributed by atoms with E-state index in [2.05, 4.69) is 18.7 Å². The number of carboxylic acids is 1. The maximum atomic E-state index is 12.7. The van der Waals surface area contributed by atoms with Crippen LogP contribution in [0.15, 0.2) is 30.3 Å². The summed E-state index contributed by atoms with van der Waals surface area (Å²) in [5.74, 6) is -0.270. The third-order valence-electron chi connectivity index (χ3n) is 5.35. The van der Waals surface area contributed by atoms with Gasteiger partial charge in [0.05, 0.1) is 0 Å². The highest BCUT2D eigenvalue weighted by Gasteiger charge is 2.33. The standard InChI is InChI=1S/C20H30N2O3/c1-3-21(4-2)12-10-18-15-22(13-11-17(18)14-19(23)24)20(25)16-8-6-5-7-9-16/h5-9,17-18H,3-4,10-15H2,1-2H3,(H,23,24)/t17-,18+/m0/s1. The lowest BCUT2D eigenvalue weighted by molar-refractivity contribution is -0.139. The lowest BCUT2D eigenvalue weighted by Gasteiger charge is -2.39. The fraction of sp³-hybridized carbons (Fsp3) is 0.600. The van der Waals surface area contributed by atoms with Crippen LogP contribution < -0.4 is 0 Å². The molecule has 1 N–H and O–H groups in total. The van der Waals surface area contributed by atoms with Crippen molar-refractivity contribution in [2.24, 2.45) is 11.8 Å². The first kappa shape index (κ1) is 19.4. The zero-order valence-electron chi connectivity index (χ0n) is 15.4. The van der Waals surface area contributed by atoms with E-state index >= 15 is 0 Å². The number of aliphatic carboxylic acids is 1. The third-order valence-corrected chi connectivity index (χ3v) is 5.35. The molecule has 0 spiro atoms. The Labute approximate surface area is 150 Å². The van der Waals surface area contributed by atoms with Crippen molar-refractivity contribution in [3.05, 3.63) is 35.9 Å². The Bertz CT molecular complexity index is 557. The van der Waals surface area contributed by atoms with Gasteiger partial charge in [0, 0.05) is 25.1 Å². The van der Waals surface area contributed by atoms with Crippen molar-refractivity contribution in [1.29, 1.82) is 0 Å². The lowest BCUT2D eigenvalue weighted by atomic mass is 9.81. The maximum absolute atomic E-state index is 12.7. The number of rotatable bonds is 8. The summed E-state index contributed by atoms with van der Waals surface area (Å²) in [6.45, 7) is 8.55. The molecule has 0 saturated carbocycles. The normalized spacial score (nSPS) is 20.7. The molecule has 0 aromatic heterocycles. The van der Waals surface area contributed by atoms with Crippen LogP contribution in [0.3, 0.4) is 0 Å². The predicted octanol–water partition coefficient (Wildman–Crippen LogP) is 2.97. The first-order valence-electron chi connectivity index (χ1n) is 9.33. The number of hydrogen-bond donors (Lipinski definition) is 1. The number of nitrogens with zero attached hydrogens (tertiary/aromatic N) is 2. The summed E-state index contributed by atoms with van der Waals surface area (Å²) in [5, 5.41) is 9.22. The van der Waals surface area contributed by atoms with Crippen molar-refractivity contribution in [3.8, 4) is 0 Å². The number of amides is 1. The van der Waals surface area contributed by atoms with Crippen molar-refractivity contribution in [2.75, 3.05) is 32.7 Å². The van der Waals surface area contributed by atoms with Crippen LogP contribution in [-0.2, 0) is 4.79 Å². The molecule has 138 valence electrons. The highest BCUT2D eigenvalue weighted by molar-refractivity contribution is 5.94. The highest BCUT2D eigenvalue weighted by atomic mass is 16.4. The van der Waals surface area contributed by atoms with Crippen molar-refractivity contribution in [3.63, 3.8) is 0 Å². The van der Waals surface area contributed by atoms with Crippen LogP contribution in [0.4, 0.5) is 0 Å². The van der Waals surface area contributed by atoms with Gasteiger partial charge in [-0.15, -0.1) is 0 Å². The average molecular weight is 346 g/mol. The molecule has 2 rings (SSSR count). The Morgan fingerprint density at radius 2 is 1.84 bits per heavy atom. The number of likely N-dealkylation sites (tertiary alicyclic amines) is 1. The monoisotopic (exact) mass is 346 g/mol. The molecule has 0 radical (unpaired) electrons. The summed E-state index contributed by atoms with van der Waals surface area (Å²) in [4.78, 5) is 28.2. The van der Waals surface area contributed by atoms with Crippen LogP contribution in [0.2, 0.25) is 0 Å². The average Bonchev–Trinajstić information content (AvgIpc) is 2.63. The Morgan fingerprint density at radius 3 is 2.44 bits per heavy atom. The summed E-state index contributed by atoms with van der Waals surface area (Å²) in [7, 11) is 0. The molecule has 1 saturated heterocycles. The molecule has 1 heterocycles. The Hall–Kier alpha value is -1.88. The van der Waals surface area contributed by atoms with E-state index in [-0.39, 0.29) is 24.2 Å². The van der Waals surface area contributed by atoms with Gasteiger partial charge < -0.3 is 14.9 Å². The van der Waals surface area contributed by atoms with E-state index in [1.54, 1.807) is 0 Å².